The summed E-state index contributed by atoms with van der Waals surface area (Å²) < 4.78 is 0. The van der Waals surface area contributed by atoms with Gasteiger partial charge in [0.05, 0.1) is 6.54 Å². The van der Waals surface area contributed by atoms with Crippen molar-refractivity contribution in [3.63, 3.8) is 0 Å². The minimum Gasteiger partial charge on any atom is -0.398 e. The van der Waals surface area contributed by atoms with Crippen molar-refractivity contribution in [3.05, 3.63) is 23.8 Å². The zero-order valence-electron chi connectivity index (χ0n) is 11.8. The molecule has 1 aromatic rings. The van der Waals surface area contributed by atoms with Gasteiger partial charge in [-0.15, -0.1) is 0 Å². The molecular formula is C15H23N3O. The number of carbonyl (C=O) groups excluding carboxylic acids is 1. The van der Waals surface area contributed by atoms with E-state index in [1.807, 2.05) is 25.1 Å². The van der Waals surface area contributed by atoms with E-state index in [2.05, 4.69) is 17.1 Å². The quantitative estimate of drug-likeness (QED) is 0.773. The van der Waals surface area contributed by atoms with Crippen LogP contribution in [-0.2, 0) is 4.79 Å². The fourth-order valence-electron chi connectivity index (χ4n) is 2.22. The molecule has 1 aliphatic carbocycles. The van der Waals surface area contributed by atoms with E-state index in [1.54, 1.807) is 0 Å². The highest BCUT2D eigenvalue weighted by atomic mass is 16.2. The lowest BCUT2D eigenvalue weighted by Crippen LogP contribution is -2.35. The Morgan fingerprint density at radius 1 is 1.47 bits per heavy atom. The minimum absolute atomic E-state index is 0.0450. The van der Waals surface area contributed by atoms with E-state index < -0.39 is 0 Å². The Morgan fingerprint density at radius 2 is 2.21 bits per heavy atom. The van der Waals surface area contributed by atoms with Crippen LogP contribution >= 0.6 is 0 Å². The van der Waals surface area contributed by atoms with Gasteiger partial charge in [0.1, 0.15) is 0 Å². The smallest absolute Gasteiger partial charge is 0.238 e. The zero-order valence-corrected chi connectivity index (χ0v) is 11.8. The summed E-state index contributed by atoms with van der Waals surface area (Å²) in [6.07, 6.45) is 3.54. The summed E-state index contributed by atoms with van der Waals surface area (Å²) in [7, 11) is 0. The number of hydrogen-bond acceptors (Lipinski definition) is 3. The van der Waals surface area contributed by atoms with Gasteiger partial charge < -0.3 is 11.1 Å². The summed E-state index contributed by atoms with van der Waals surface area (Å²) in [5, 5.41) is 2.92. The molecule has 1 saturated carbocycles. The summed E-state index contributed by atoms with van der Waals surface area (Å²) in [5.41, 5.74) is 8.36. The zero-order chi connectivity index (χ0) is 13.8. The van der Waals surface area contributed by atoms with Crippen LogP contribution in [0.4, 0.5) is 11.4 Å². The van der Waals surface area contributed by atoms with Crippen molar-refractivity contribution in [1.82, 2.24) is 4.90 Å². The molecule has 104 valence electrons. The molecule has 0 aromatic heterocycles. The highest BCUT2D eigenvalue weighted by Crippen LogP contribution is 2.26. The van der Waals surface area contributed by atoms with Crippen molar-refractivity contribution >= 4 is 17.3 Å². The number of nitrogens with zero attached hydrogens (tertiary/aromatic N) is 1. The van der Waals surface area contributed by atoms with Gasteiger partial charge in [-0.05, 0) is 50.4 Å². The molecule has 1 aliphatic rings. The van der Waals surface area contributed by atoms with Crippen LogP contribution in [-0.4, -0.2) is 29.9 Å². The van der Waals surface area contributed by atoms with Gasteiger partial charge in [-0.2, -0.15) is 0 Å². The Bertz CT molecular complexity index is 455. The first kappa shape index (κ1) is 13.9. The topological polar surface area (TPSA) is 58.4 Å². The van der Waals surface area contributed by atoms with Gasteiger partial charge in [-0.25, -0.2) is 0 Å². The maximum atomic E-state index is 12.0. The second kappa shape index (κ2) is 6.06. The molecule has 4 nitrogen and oxygen atoms in total. The first-order valence-electron chi connectivity index (χ1n) is 7.00. The summed E-state index contributed by atoms with van der Waals surface area (Å²) in [4.78, 5) is 14.3. The van der Waals surface area contributed by atoms with Crippen molar-refractivity contribution in [3.8, 4) is 0 Å². The van der Waals surface area contributed by atoms with Gasteiger partial charge in [0, 0.05) is 17.4 Å². The molecule has 4 heteroatoms. The number of nitrogens with one attached hydrogen (secondary N) is 1. The molecule has 0 bridgehead atoms. The summed E-state index contributed by atoms with van der Waals surface area (Å²) in [6, 6.07) is 6.25. The molecule has 0 aliphatic heterocycles. The molecule has 0 saturated heterocycles. The molecule has 0 atom stereocenters. The fourth-order valence-corrected chi connectivity index (χ4v) is 2.22. The minimum atomic E-state index is 0.0450. The number of amides is 1. The Balaban J connectivity index is 1.90. The van der Waals surface area contributed by atoms with Crippen LogP contribution in [0.5, 0.6) is 0 Å². The van der Waals surface area contributed by atoms with E-state index in [1.165, 1.54) is 12.8 Å². The summed E-state index contributed by atoms with van der Waals surface area (Å²) in [5.74, 6) is 0.0450. The predicted octanol–water partition coefficient (Wildman–Crippen LogP) is 2.39. The Labute approximate surface area is 115 Å². The van der Waals surface area contributed by atoms with Gasteiger partial charge in [0.2, 0.25) is 5.91 Å². The number of carbonyl (C=O) groups is 1. The standard InChI is InChI=1S/C15H23N3O/c1-3-8-18(13-6-7-13)10-15(19)17-12-5-4-11(2)14(16)9-12/h4-5,9,13H,3,6-8,10,16H2,1-2H3,(H,17,19). The molecule has 19 heavy (non-hydrogen) atoms. The van der Waals surface area contributed by atoms with E-state index in [4.69, 9.17) is 5.73 Å². The van der Waals surface area contributed by atoms with Crippen LogP contribution in [0, 0.1) is 6.92 Å². The van der Waals surface area contributed by atoms with Gasteiger partial charge in [-0.3, -0.25) is 9.69 Å². The Hall–Kier alpha value is -1.55. The Morgan fingerprint density at radius 3 is 2.79 bits per heavy atom. The molecule has 2 rings (SSSR count). The largest absolute Gasteiger partial charge is 0.398 e. The maximum absolute atomic E-state index is 12.0. The fraction of sp³-hybridized carbons (Fsp3) is 0.533. The van der Waals surface area contributed by atoms with Crippen LogP contribution in [0.2, 0.25) is 0 Å². The van der Waals surface area contributed by atoms with E-state index in [0.717, 1.165) is 24.2 Å². The van der Waals surface area contributed by atoms with Gasteiger partial charge in [0.15, 0.2) is 0 Å². The second-order valence-electron chi connectivity index (χ2n) is 5.32. The van der Waals surface area contributed by atoms with Crippen LogP contribution in [0.15, 0.2) is 18.2 Å². The van der Waals surface area contributed by atoms with E-state index in [9.17, 15) is 4.79 Å². The number of nitrogen functional groups attached to an aromatic ring is 1. The maximum Gasteiger partial charge on any atom is 0.238 e. The molecule has 0 heterocycles. The molecule has 3 N–H and O–H groups in total. The Kier molecular flexibility index (Phi) is 4.43. The molecule has 1 amide bonds. The number of rotatable bonds is 6. The lowest BCUT2D eigenvalue weighted by molar-refractivity contribution is -0.117. The SMILES string of the molecule is CCCN(CC(=O)Nc1ccc(C)c(N)c1)C1CC1. The van der Waals surface area contributed by atoms with Crippen molar-refractivity contribution in [2.75, 3.05) is 24.1 Å². The molecule has 0 radical (unpaired) electrons. The van der Waals surface area contributed by atoms with Crippen molar-refractivity contribution in [2.45, 2.75) is 39.2 Å². The lowest BCUT2D eigenvalue weighted by atomic mass is 10.2. The molecule has 1 fully saturated rings. The molecular weight excluding hydrogens is 238 g/mol. The van der Waals surface area contributed by atoms with Gasteiger partial charge >= 0.3 is 0 Å². The second-order valence-corrected chi connectivity index (χ2v) is 5.32. The third-order valence-electron chi connectivity index (χ3n) is 3.48. The lowest BCUT2D eigenvalue weighted by Gasteiger charge is -2.20. The first-order chi connectivity index (χ1) is 9.10. The van der Waals surface area contributed by atoms with Crippen molar-refractivity contribution in [1.29, 1.82) is 0 Å². The normalized spacial score (nSPS) is 14.7. The van der Waals surface area contributed by atoms with Gasteiger partial charge in [0.25, 0.3) is 0 Å². The van der Waals surface area contributed by atoms with Gasteiger partial charge in [-0.1, -0.05) is 13.0 Å². The predicted molar refractivity (Wildman–Crippen MR) is 79.1 cm³/mol. The van der Waals surface area contributed by atoms with E-state index in [0.29, 0.717) is 18.3 Å². The van der Waals surface area contributed by atoms with Crippen LogP contribution in [0.1, 0.15) is 31.7 Å². The number of hydrogen-bond donors (Lipinski definition) is 2. The van der Waals surface area contributed by atoms with Crippen molar-refractivity contribution < 1.29 is 4.79 Å². The third-order valence-corrected chi connectivity index (χ3v) is 3.48. The highest BCUT2D eigenvalue weighted by molar-refractivity contribution is 5.92. The van der Waals surface area contributed by atoms with Crippen LogP contribution < -0.4 is 11.1 Å². The van der Waals surface area contributed by atoms with Crippen molar-refractivity contribution in [2.24, 2.45) is 0 Å². The molecule has 0 unspecified atom stereocenters. The average Bonchev–Trinajstić information content (AvgIpc) is 3.17. The summed E-state index contributed by atoms with van der Waals surface area (Å²) >= 11 is 0. The molecule has 0 spiro atoms. The highest BCUT2D eigenvalue weighted by Gasteiger charge is 2.29. The van der Waals surface area contributed by atoms with E-state index in [-0.39, 0.29) is 5.91 Å². The number of aryl methyl sites for hydroxylation is 1. The van der Waals surface area contributed by atoms with Crippen LogP contribution in [0.3, 0.4) is 0 Å². The summed E-state index contributed by atoms with van der Waals surface area (Å²) in [6.45, 7) is 5.57. The number of anilines is 2. The molecule has 1 aromatic carbocycles. The number of nitrogens with two attached hydrogens (primary N) is 1. The average molecular weight is 261 g/mol. The van der Waals surface area contributed by atoms with Crippen LogP contribution in [0.25, 0.3) is 0 Å². The first-order valence-corrected chi connectivity index (χ1v) is 7.00. The van der Waals surface area contributed by atoms with E-state index >= 15 is 0 Å². The number of benzene rings is 1. The monoisotopic (exact) mass is 261 g/mol. The third kappa shape index (κ3) is 3.96.